The van der Waals surface area contributed by atoms with Crippen LogP contribution in [0, 0.1) is 11.3 Å². The van der Waals surface area contributed by atoms with Crippen molar-refractivity contribution >= 4 is 17.3 Å². The van der Waals surface area contributed by atoms with Crippen LogP contribution >= 0.6 is 0 Å². The topological polar surface area (TPSA) is 73.4 Å². The Morgan fingerprint density at radius 2 is 2.06 bits per heavy atom. The molecule has 0 atom stereocenters. The van der Waals surface area contributed by atoms with Crippen molar-refractivity contribution in [3.8, 4) is 6.07 Å². The molecule has 0 saturated heterocycles. The van der Waals surface area contributed by atoms with E-state index in [-0.39, 0.29) is 12.5 Å². The summed E-state index contributed by atoms with van der Waals surface area (Å²) in [5.74, 6) is -0.0192. The van der Waals surface area contributed by atoms with E-state index in [1.54, 1.807) is 44.2 Å². The Hall–Kier alpha value is -2.22. The third-order valence-electron chi connectivity index (χ3n) is 2.49. The van der Waals surface area contributed by atoms with Gasteiger partial charge in [-0.3, -0.25) is 4.79 Å². The van der Waals surface area contributed by atoms with Crippen molar-refractivity contribution in [2.75, 3.05) is 38.3 Å². The van der Waals surface area contributed by atoms with Crippen LogP contribution in [0.3, 0.4) is 0 Å². The lowest BCUT2D eigenvalue weighted by molar-refractivity contribution is -0.127. The van der Waals surface area contributed by atoms with Crippen molar-refractivity contribution < 1.29 is 4.79 Å². The number of hydrogen-bond acceptors (Lipinski definition) is 4. The van der Waals surface area contributed by atoms with Crippen LogP contribution < -0.4 is 10.6 Å². The number of nitrogen functional groups attached to an aromatic ring is 1. The zero-order valence-corrected chi connectivity index (χ0v) is 10.3. The second-order valence-electron chi connectivity index (χ2n) is 3.99. The number of anilines is 2. The van der Waals surface area contributed by atoms with E-state index < -0.39 is 0 Å². The highest BCUT2D eigenvalue weighted by Gasteiger charge is 2.12. The Morgan fingerprint density at radius 1 is 1.41 bits per heavy atom. The fourth-order valence-electron chi connectivity index (χ4n) is 1.41. The Morgan fingerprint density at radius 3 is 2.59 bits per heavy atom. The number of benzene rings is 1. The first kappa shape index (κ1) is 12.8. The predicted molar refractivity (Wildman–Crippen MR) is 67.5 cm³/mol. The second kappa shape index (κ2) is 5.21. The van der Waals surface area contributed by atoms with E-state index in [9.17, 15) is 4.79 Å². The summed E-state index contributed by atoms with van der Waals surface area (Å²) < 4.78 is 0. The maximum atomic E-state index is 11.6. The van der Waals surface area contributed by atoms with E-state index in [4.69, 9.17) is 11.0 Å². The summed E-state index contributed by atoms with van der Waals surface area (Å²) in [6.07, 6.45) is 0. The lowest BCUT2D eigenvalue weighted by Gasteiger charge is -2.22. The molecule has 0 heterocycles. The number of nitriles is 1. The van der Waals surface area contributed by atoms with E-state index in [1.807, 2.05) is 6.07 Å². The smallest absolute Gasteiger partial charge is 0.241 e. The normalized spacial score (nSPS) is 9.53. The van der Waals surface area contributed by atoms with Crippen LogP contribution in [0.4, 0.5) is 11.4 Å². The van der Waals surface area contributed by atoms with Crippen molar-refractivity contribution in [2.45, 2.75) is 0 Å². The number of amides is 1. The SMILES string of the molecule is CN(C)C(=O)CN(C)c1cccc(C#N)c1N. The van der Waals surface area contributed by atoms with Gasteiger partial charge in [-0.15, -0.1) is 0 Å². The molecule has 17 heavy (non-hydrogen) atoms. The molecule has 0 aliphatic heterocycles. The van der Waals surface area contributed by atoms with Gasteiger partial charge in [0.25, 0.3) is 0 Å². The monoisotopic (exact) mass is 232 g/mol. The Kier molecular flexibility index (Phi) is 3.94. The Balaban J connectivity index is 2.94. The molecule has 0 aromatic heterocycles. The number of para-hydroxylation sites is 1. The van der Waals surface area contributed by atoms with Crippen LogP contribution in [-0.2, 0) is 4.79 Å². The molecular formula is C12H16N4O. The predicted octanol–water partition coefficient (Wildman–Crippen LogP) is 0.665. The van der Waals surface area contributed by atoms with Gasteiger partial charge in [0.1, 0.15) is 6.07 Å². The Labute approximate surface area is 101 Å². The standard InChI is InChI=1S/C12H16N4O/c1-15(2)11(17)8-16(3)10-6-4-5-9(7-13)12(10)14/h4-6H,8,14H2,1-3H3. The first-order chi connectivity index (χ1) is 7.97. The summed E-state index contributed by atoms with van der Waals surface area (Å²) >= 11 is 0. The van der Waals surface area contributed by atoms with Gasteiger partial charge in [-0.1, -0.05) is 6.07 Å². The van der Waals surface area contributed by atoms with Gasteiger partial charge in [0, 0.05) is 21.1 Å². The van der Waals surface area contributed by atoms with E-state index >= 15 is 0 Å². The summed E-state index contributed by atoms with van der Waals surface area (Å²) in [5.41, 5.74) is 7.38. The van der Waals surface area contributed by atoms with Gasteiger partial charge in [-0.2, -0.15) is 5.26 Å². The van der Waals surface area contributed by atoms with Gasteiger partial charge in [0.05, 0.1) is 23.5 Å². The number of nitrogens with two attached hydrogens (primary N) is 1. The molecule has 0 bridgehead atoms. The molecule has 0 saturated carbocycles. The fourth-order valence-corrected chi connectivity index (χ4v) is 1.41. The Bertz CT molecular complexity index is 462. The summed E-state index contributed by atoms with van der Waals surface area (Å²) in [4.78, 5) is 14.8. The zero-order chi connectivity index (χ0) is 13.0. The van der Waals surface area contributed by atoms with Crippen molar-refractivity contribution in [2.24, 2.45) is 0 Å². The first-order valence-corrected chi connectivity index (χ1v) is 5.17. The van der Waals surface area contributed by atoms with E-state index in [1.165, 1.54) is 4.90 Å². The minimum Gasteiger partial charge on any atom is -0.396 e. The van der Waals surface area contributed by atoms with E-state index in [2.05, 4.69) is 0 Å². The summed E-state index contributed by atoms with van der Waals surface area (Å²) in [7, 11) is 5.17. The van der Waals surface area contributed by atoms with Gasteiger partial charge >= 0.3 is 0 Å². The lowest BCUT2D eigenvalue weighted by Crippen LogP contribution is -2.34. The maximum Gasteiger partial charge on any atom is 0.241 e. The van der Waals surface area contributed by atoms with E-state index in [0.29, 0.717) is 16.9 Å². The zero-order valence-electron chi connectivity index (χ0n) is 10.3. The first-order valence-electron chi connectivity index (χ1n) is 5.17. The molecule has 2 N–H and O–H groups in total. The van der Waals surface area contributed by atoms with Crippen LogP contribution in [0.25, 0.3) is 0 Å². The average Bonchev–Trinajstić information content (AvgIpc) is 2.28. The molecule has 5 heteroatoms. The number of nitrogens with zero attached hydrogens (tertiary/aromatic N) is 3. The summed E-state index contributed by atoms with van der Waals surface area (Å²) in [6.45, 7) is 0.228. The largest absolute Gasteiger partial charge is 0.396 e. The number of carbonyl (C=O) groups is 1. The molecule has 1 amide bonds. The van der Waals surface area contributed by atoms with Gasteiger partial charge < -0.3 is 15.5 Å². The molecule has 5 nitrogen and oxygen atoms in total. The van der Waals surface area contributed by atoms with Crippen molar-refractivity contribution in [3.63, 3.8) is 0 Å². The molecule has 1 aromatic carbocycles. The fraction of sp³-hybridized carbons (Fsp3) is 0.333. The number of rotatable bonds is 3. The lowest BCUT2D eigenvalue weighted by atomic mass is 10.1. The molecule has 0 unspecified atom stereocenters. The van der Waals surface area contributed by atoms with Gasteiger partial charge in [-0.05, 0) is 12.1 Å². The number of carbonyl (C=O) groups excluding carboxylic acids is 1. The molecule has 0 fully saturated rings. The third-order valence-corrected chi connectivity index (χ3v) is 2.49. The number of likely N-dealkylation sites (N-methyl/N-ethyl adjacent to an activating group) is 2. The van der Waals surface area contributed by atoms with Gasteiger partial charge in [-0.25, -0.2) is 0 Å². The molecule has 0 aliphatic carbocycles. The summed E-state index contributed by atoms with van der Waals surface area (Å²) in [6, 6.07) is 7.21. The minimum atomic E-state index is -0.0192. The molecule has 1 aromatic rings. The summed E-state index contributed by atoms with van der Waals surface area (Å²) in [5, 5.41) is 8.87. The maximum absolute atomic E-state index is 11.6. The molecule has 90 valence electrons. The van der Waals surface area contributed by atoms with Crippen molar-refractivity contribution in [3.05, 3.63) is 23.8 Å². The van der Waals surface area contributed by atoms with Crippen LogP contribution in [0.2, 0.25) is 0 Å². The minimum absolute atomic E-state index is 0.0192. The highest BCUT2D eigenvalue weighted by atomic mass is 16.2. The molecular weight excluding hydrogens is 216 g/mol. The van der Waals surface area contributed by atoms with Crippen LogP contribution in [0.5, 0.6) is 0 Å². The van der Waals surface area contributed by atoms with Gasteiger partial charge in [0.15, 0.2) is 0 Å². The second-order valence-corrected chi connectivity index (χ2v) is 3.99. The highest BCUT2D eigenvalue weighted by molar-refractivity contribution is 5.83. The van der Waals surface area contributed by atoms with Crippen LogP contribution in [-0.4, -0.2) is 38.5 Å². The third kappa shape index (κ3) is 2.88. The van der Waals surface area contributed by atoms with Crippen molar-refractivity contribution in [1.82, 2.24) is 4.90 Å². The van der Waals surface area contributed by atoms with Crippen molar-refractivity contribution in [1.29, 1.82) is 5.26 Å². The highest BCUT2D eigenvalue weighted by Crippen LogP contribution is 2.25. The molecule has 0 radical (unpaired) electrons. The quantitative estimate of drug-likeness (QED) is 0.777. The number of hydrogen-bond donors (Lipinski definition) is 1. The van der Waals surface area contributed by atoms with Crippen LogP contribution in [0.1, 0.15) is 5.56 Å². The molecule has 1 rings (SSSR count). The van der Waals surface area contributed by atoms with Gasteiger partial charge in [0.2, 0.25) is 5.91 Å². The average molecular weight is 232 g/mol. The molecule has 0 aliphatic rings. The molecule has 0 spiro atoms. The van der Waals surface area contributed by atoms with Crippen LogP contribution in [0.15, 0.2) is 18.2 Å². The van der Waals surface area contributed by atoms with E-state index in [0.717, 1.165) is 0 Å².